The van der Waals surface area contributed by atoms with Gasteiger partial charge in [0.25, 0.3) is 0 Å². The van der Waals surface area contributed by atoms with Crippen LogP contribution in [0, 0.1) is 13.8 Å². The number of benzene rings is 1. The Labute approximate surface area is 145 Å². The average Bonchev–Trinajstić information content (AvgIpc) is 3.00. The molecule has 0 N–H and O–H groups in total. The molecule has 0 saturated heterocycles. The topological polar surface area (TPSA) is 42.5 Å². The van der Waals surface area contributed by atoms with Crippen molar-refractivity contribution < 1.29 is 0 Å². The monoisotopic (exact) mass is 336 g/mol. The molecule has 0 bridgehead atoms. The minimum atomic E-state index is 0.867. The zero-order valence-corrected chi connectivity index (χ0v) is 15.1. The minimum Gasteiger partial charge on any atom is -0.264 e. The van der Waals surface area contributed by atoms with E-state index >= 15 is 0 Å². The molecule has 0 atom stereocenters. The molecule has 0 aliphatic heterocycles. The molecule has 0 spiro atoms. The second-order valence-corrected chi connectivity index (χ2v) is 6.50. The summed E-state index contributed by atoms with van der Waals surface area (Å²) in [4.78, 5) is 9.40. The lowest BCUT2D eigenvalue weighted by molar-refractivity contribution is 0.841. The first-order valence-electron chi connectivity index (χ1n) is 7.77. The van der Waals surface area contributed by atoms with Crippen molar-refractivity contribution in [2.75, 3.05) is 7.05 Å². The fourth-order valence-electron chi connectivity index (χ4n) is 2.43. The molecule has 0 aliphatic carbocycles. The van der Waals surface area contributed by atoms with Crippen LogP contribution in [0.5, 0.6) is 0 Å². The van der Waals surface area contributed by atoms with Gasteiger partial charge in [0.2, 0.25) is 4.80 Å². The van der Waals surface area contributed by atoms with Gasteiger partial charge in [0.1, 0.15) is 0 Å². The molecule has 122 valence electrons. The number of nitrogens with zero attached hydrogens (tertiary/aromatic N) is 4. The number of thiazole rings is 1. The molecule has 3 aromatic rings. The maximum absolute atomic E-state index is 4.80. The van der Waals surface area contributed by atoms with E-state index in [1.54, 1.807) is 24.6 Å². The van der Waals surface area contributed by atoms with Gasteiger partial charge in [-0.3, -0.25) is 9.98 Å². The number of hydrogen-bond acceptors (Lipinski definition) is 4. The normalized spacial score (nSPS) is 12.7. The minimum absolute atomic E-state index is 0.867. The van der Waals surface area contributed by atoms with E-state index < -0.39 is 0 Å². The summed E-state index contributed by atoms with van der Waals surface area (Å²) in [6.07, 6.45) is 3.59. The van der Waals surface area contributed by atoms with E-state index in [9.17, 15) is 0 Å². The van der Waals surface area contributed by atoms with Gasteiger partial charge < -0.3 is 0 Å². The van der Waals surface area contributed by atoms with Crippen LogP contribution in [0.1, 0.15) is 23.6 Å². The lowest BCUT2D eigenvalue weighted by Gasteiger charge is -2.08. The largest absolute Gasteiger partial charge is 0.264 e. The molecule has 5 heteroatoms. The molecule has 2 heterocycles. The van der Waals surface area contributed by atoms with E-state index in [0.29, 0.717) is 0 Å². The SMILES string of the molecule is CN=c1scc(-c2ccc(C)c(C)c2)n1/N=C(\C)c1cccnc1. The Morgan fingerprint density at radius 2 is 2.00 bits per heavy atom. The van der Waals surface area contributed by atoms with Crippen LogP contribution >= 0.6 is 11.3 Å². The lowest BCUT2D eigenvalue weighted by Crippen LogP contribution is -2.13. The molecule has 24 heavy (non-hydrogen) atoms. The predicted octanol–water partition coefficient (Wildman–Crippen LogP) is 4.03. The second-order valence-electron chi connectivity index (χ2n) is 5.67. The van der Waals surface area contributed by atoms with Crippen molar-refractivity contribution in [2.24, 2.45) is 10.1 Å². The third-order valence-electron chi connectivity index (χ3n) is 4.01. The number of aryl methyl sites for hydroxylation is 2. The van der Waals surface area contributed by atoms with E-state index in [0.717, 1.165) is 27.3 Å². The fourth-order valence-corrected chi connectivity index (χ4v) is 3.23. The quantitative estimate of drug-likeness (QED) is 0.666. The molecule has 1 aromatic carbocycles. The van der Waals surface area contributed by atoms with Crippen molar-refractivity contribution in [1.29, 1.82) is 0 Å². The van der Waals surface area contributed by atoms with Crippen LogP contribution in [0.15, 0.2) is 58.2 Å². The van der Waals surface area contributed by atoms with E-state index in [2.05, 4.69) is 47.4 Å². The summed E-state index contributed by atoms with van der Waals surface area (Å²) in [6.45, 7) is 6.24. The van der Waals surface area contributed by atoms with Crippen molar-refractivity contribution in [1.82, 2.24) is 9.66 Å². The Kier molecular flexibility index (Phi) is 4.71. The number of hydrogen-bond donors (Lipinski definition) is 0. The molecular weight excluding hydrogens is 316 g/mol. The highest BCUT2D eigenvalue weighted by atomic mass is 32.1. The van der Waals surface area contributed by atoms with E-state index in [1.165, 1.54) is 11.1 Å². The Balaban J connectivity index is 2.14. The molecule has 0 amide bonds. The third kappa shape index (κ3) is 3.21. The van der Waals surface area contributed by atoms with Gasteiger partial charge >= 0.3 is 0 Å². The average molecular weight is 336 g/mol. The molecular formula is C19H20N4S. The summed E-state index contributed by atoms with van der Waals surface area (Å²) in [5, 5.41) is 6.90. The standard InChI is InChI=1S/C19H20N4S/c1-13-7-8-16(10-14(13)2)18-12-24-19(20-4)23(18)22-15(3)17-6-5-9-21-11-17/h5-12H,1-4H3/b20-19?,22-15+. The van der Waals surface area contributed by atoms with Crippen molar-refractivity contribution in [3.05, 3.63) is 69.6 Å². The van der Waals surface area contributed by atoms with Crippen molar-refractivity contribution in [3.8, 4) is 11.3 Å². The van der Waals surface area contributed by atoms with Crippen LogP contribution in [0.25, 0.3) is 11.3 Å². The van der Waals surface area contributed by atoms with Crippen molar-refractivity contribution in [2.45, 2.75) is 20.8 Å². The number of rotatable bonds is 3. The Bertz CT molecular complexity index is 949. The van der Waals surface area contributed by atoms with Gasteiger partial charge in [-0.1, -0.05) is 18.2 Å². The smallest absolute Gasteiger partial charge is 0.205 e. The van der Waals surface area contributed by atoms with Gasteiger partial charge in [-0.15, -0.1) is 11.3 Å². The van der Waals surface area contributed by atoms with Gasteiger partial charge in [0.05, 0.1) is 11.4 Å². The van der Waals surface area contributed by atoms with Gasteiger partial charge in [0, 0.05) is 35.9 Å². The van der Waals surface area contributed by atoms with E-state index in [1.807, 2.05) is 29.9 Å². The maximum Gasteiger partial charge on any atom is 0.205 e. The Morgan fingerprint density at radius 1 is 1.17 bits per heavy atom. The van der Waals surface area contributed by atoms with Crippen LogP contribution < -0.4 is 4.80 Å². The first kappa shape index (κ1) is 16.3. The van der Waals surface area contributed by atoms with Crippen LogP contribution in [0.2, 0.25) is 0 Å². The lowest BCUT2D eigenvalue weighted by atomic mass is 10.1. The summed E-state index contributed by atoms with van der Waals surface area (Å²) in [5.74, 6) is 0. The van der Waals surface area contributed by atoms with Crippen LogP contribution in [0.4, 0.5) is 0 Å². The highest BCUT2D eigenvalue weighted by molar-refractivity contribution is 7.07. The molecule has 0 saturated carbocycles. The summed E-state index contributed by atoms with van der Waals surface area (Å²) in [6, 6.07) is 10.4. The molecule has 0 fully saturated rings. The zero-order valence-electron chi connectivity index (χ0n) is 14.3. The molecule has 3 rings (SSSR count). The number of aromatic nitrogens is 2. The first-order valence-corrected chi connectivity index (χ1v) is 8.65. The first-order chi connectivity index (χ1) is 11.6. The predicted molar refractivity (Wildman–Crippen MR) is 101 cm³/mol. The van der Waals surface area contributed by atoms with Crippen LogP contribution in [-0.4, -0.2) is 22.4 Å². The summed E-state index contributed by atoms with van der Waals surface area (Å²) < 4.78 is 1.91. The van der Waals surface area contributed by atoms with Crippen LogP contribution in [0.3, 0.4) is 0 Å². The summed E-state index contributed by atoms with van der Waals surface area (Å²) in [5.41, 5.74) is 6.66. The highest BCUT2D eigenvalue weighted by Crippen LogP contribution is 2.23. The van der Waals surface area contributed by atoms with Gasteiger partial charge in [-0.05, 0) is 44.0 Å². The van der Waals surface area contributed by atoms with Gasteiger partial charge in [-0.25, -0.2) is 4.68 Å². The van der Waals surface area contributed by atoms with Crippen LogP contribution in [-0.2, 0) is 0 Å². The molecule has 0 aliphatic rings. The molecule has 2 aromatic heterocycles. The van der Waals surface area contributed by atoms with E-state index in [4.69, 9.17) is 5.10 Å². The molecule has 0 unspecified atom stereocenters. The molecule has 0 radical (unpaired) electrons. The summed E-state index contributed by atoms with van der Waals surface area (Å²) in [7, 11) is 1.79. The molecule has 4 nitrogen and oxygen atoms in total. The van der Waals surface area contributed by atoms with Crippen molar-refractivity contribution in [3.63, 3.8) is 0 Å². The van der Waals surface area contributed by atoms with E-state index in [-0.39, 0.29) is 0 Å². The third-order valence-corrected chi connectivity index (χ3v) is 4.92. The Morgan fingerprint density at radius 3 is 2.67 bits per heavy atom. The Hall–Kier alpha value is -2.53. The van der Waals surface area contributed by atoms with Gasteiger partial charge in [-0.2, -0.15) is 5.10 Å². The second kappa shape index (κ2) is 6.93. The summed E-state index contributed by atoms with van der Waals surface area (Å²) >= 11 is 1.59. The zero-order chi connectivity index (χ0) is 17.1. The van der Waals surface area contributed by atoms with Gasteiger partial charge in [0.15, 0.2) is 0 Å². The fraction of sp³-hybridized carbons (Fsp3) is 0.211. The number of pyridine rings is 1. The maximum atomic E-state index is 4.80. The van der Waals surface area contributed by atoms with Crippen molar-refractivity contribution >= 4 is 17.0 Å². The highest BCUT2D eigenvalue weighted by Gasteiger charge is 2.09.